The molecule has 1 saturated carbocycles. The SMILES string of the molecule is CCCn1ncc2c(C(=O)N(CC)Cc3nonc3C)cc(C3CC3)nc21. The lowest BCUT2D eigenvalue weighted by molar-refractivity contribution is 0.0750. The molecule has 0 unspecified atom stereocenters. The number of rotatable bonds is 7. The quantitative estimate of drug-likeness (QED) is 0.637. The molecular formula is C19H24N6O2. The van der Waals surface area contributed by atoms with E-state index >= 15 is 0 Å². The molecule has 0 spiro atoms. The highest BCUT2D eigenvalue weighted by molar-refractivity contribution is 6.05. The maximum atomic E-state index is 13.4. The van der Waals surface area contributed by atoms with E-state index in [-0.39, 0.29) is 5.91 Å². The number of hydrogen-bond donors (Lipinski definition) is 0. The summed E-state index contributed by atoms with van der Waals surface area (Å²) < 4.78 is 6.68. The van der Waals surface area contributed by atoms with Crippen LogP contribution in [0.15, 0.2) is 16.9 Å². The first-order valence-corrected chi connectivity index (χ1v) is 9.56. The number of pyridine rings is 1. The highest BCUT2D eigenvalue weighted by Gasteiger charge is 2.29. The zero-order valence-corrected chi connectivity index (χ0v) is 16.0. The second kappa shape index (κ2) is 7.09. The van der Waals surface area contributed by atoms with Crippen LogP contribution in [0.25, 0.3) is 11.0 Å². The maximum absolute atomic E-state index is 13.4. The van der Waals surface area contributed by atoms with E-state index in [2.05, 4.69) is 22.3 Å². The minimum atomic E-state index is -0.0368. The standard InChI is InChI=1S/C19H24N6O2/c1-4-8-25-18-15(10-20-25)14(9-16(21-18)13-6-7-13)19(26)24(5-2)11-17-12(3)22-27-23-17/h9-10,13H,4-8,11H2,1-3H3. The fourth-order valence-electron chi connectivity index (χ4n) is 3.28. The van der Waals surface area contributed by atoms with Crippen molar-refractivity contribution in [3.63, 3.8) is 0 Å². The monoisotopic (exact) mass is 368 g/mol. The summed E-state index contributed by atoms with van der Waals surface area (Å²) in [6, 6.07) is 1.96. The van der Waals surface area contributed by atoms with Crippen molar-refractivity contribution >= 4 is 16.9 Å². The molecule has 0 aromatic carbocycles. The Morgan fingerprint density at radius 2 is 2.15 bits per heavy atom. The average molecular weight is 368 g/mol. The third-order valence-corrected chi connectivity index (χ3v) is 5.05. The van der Waals surface area contributed by atoms with E-state index in [0.717, 1.165) is 42.5 Å². The minimum Gasteiger partial charge on any atom is -0.333 e. The molecule has 0 saturated heterocycles. The molecule has 0 N–H and O–H groups in total. The van der Waals surface area contributed by atoms with Crippen LogP contribution in [-0.4, -0.2) is 42.4 Å². The van der Waals surface area contributed by atoms with Crippen molar-refractivity contribution in [2.75, 3.05) is 6.54 Å². The van der Waals surface area contributed by atoms with E-state index in [1.54, 1.807) is 11.1 Å². The normalized spacial score (nSPS) is 14.0. The van der Waals surface area contributed by atoms with Crippen LogP contribution in [-0.2, 0) is 13.1 Å². The van der Waals surface area contributed by atoms with Crippen LogP contribution in [0.4, 0.5) is 0 Å². The summed E-state index contributed by atoms with van der Waals surface area (Å²) in [6.07, 6.45) is 5.00. The molecule has 0 aliphatic heterocycles. The van der Waals surface area contributed by atoms with Gasteiger partial charge in [0.2, 0.25) is 0 Å². The highest BCUT2D eigenvalue weighted by atomic mass is 16.6. The number of fused-ring (bicyclic) bond motifs is 1. The fourth-order valence-corrected chi connectivity index (χ4v) is 3.28. The number of aromatic nitrogens is 5. The smallest absolute Gasteiger partial charge is 0.255 e. The predicted octanol–water partition coefficient (Wildman–Crippen LogP) is 3.07. The molecule has 1 aliphatic carbocycles. The van der Waals surface area contributed by atoms with Crippen molar-refractivity contribution in [1.82, 2.24) is 30.0 Å². The van der Waals surface area contributed by atoms with Gasteiger partial charge in [0.25, 0.3) is 5.91 Å². The number of nitrogens with zero attached hydrogens (tertiary/aromatic N) is 6. The Kier molecular flexibility index (Phi) is 4.63. The summed E-state index contributed by atoms with van der Waals surface area (Å²) in [4.78, 5) is 20.0. The first-order chi connectivity index (χ1) is 13.1. The molecule has 4 rings (SSSR count). The fraction of sp³-hybridized carbons (Fsp3) is 0.526. The Labute approximate surface area is 157 Å². The largest absolute Gasteiger partial charge is 0.333 e. The van der Waals surface area contributed by atoms with Gasteiger partial charge in [0.05, 0.1) is 23.7 Å². The van der Waals surface area contributed by atoms with Crippen molar-refractivity contribution in [2.24, 2.45) is 0 Å². The molecule has 0 atom stereocenters. The highest BCUT2D eigenvalue weighted by Crippen LogP contribution is 2.40. The van der Waals surface area contributed by atoms with Crippen LogP contribution in [0.1, 0.15) is 66.5 Å². The average Bonchev–Trinajstić information content (AvgIpc) is 3.34. The Balaban J connectivity index is 1.74. The van der Waals surface area contributed by atoms with Crippen molar-refractivity contribution in [3.05, 3.63) is 34.9 Å². The van der Waals surface area contributed by atoms with E-state index in [9.17, 15) is 4.79 Å². The van der Waals surface area contributed by atoms with Crippen LogP contribution in [0.3, 0.4) is 0 Å². The van der Waals surface area contributed by atoms with Gasteiger partial charge < -0.3 is 4.90 Å². The second-order valence-corrected chi connectivity index (χ2v) is 7.09. The Morgan fingerprint density at radius 1 is 1.33 bits per heavy atom. The van der Waals surface area contributed by atoms with Crippen LogP contribution < -0.4 is 0 Å². The van der Waals surface area contributed by atoms with Gasteiger partial charge in [-0.05, 0) is 39.2 Å². The Morgan fingerprint density at radius 3 is 2.78 bits per heavy atom. The number of hydrogen-bond acceptors (Lipinski definition) is 6. The molecule has 1 aliphatic rings. The molecule has 1 amide bonds. The third-order valence-electron chi connectivity index (χ3n) is 5.05. The molecular weight excluding hydrogens is 344 g/mol. The lowest BCUT2D eigenvalue weighted by Gasteiger charge is -2.20. The van der Waals surface area contributed by atoms with Crippen LogP contribution in [0, 0.1) is 6.92 Å². The van der Waals surface area contributed by atoms with Crippen molar-refractivity contribution in [3.8, 4) is 0 Å². The molecule has 8 nitrogen and oxygen atoms in total. The molecule has 3 aromatic heterocycles. The van der Waals surface area contributed by atoms with Gasteiger partial charge in [-0.1, -0.05) is 17.2 Å². The zero-order chi connectivity index (χ0) is 19.0. The van der Waals surface area contributed by atoms with Gasteiger partial charge in [-0.2, -0.15) is 5.10 Å². The van der Waals surface area contributed by atoms with Crippen molar-refractivity contribution in [2.45, 2.75) is 59.0 Å². The van der Waals surface area contributed by atoms with E-state index in [1.807, 2.05) is 24.6 Å². The lowest BCUT2D eigenvalue weighted by atomic mass is 10.1. The third kappa shape index (κ3) is 3.31. The van der Waals surface area contributed by atoms with Gasteiger partial charge in [-0.3, -0.25) is 4.79 Å². The summed E-state index contributed by atoms with van der Waals surface area (Å²) in [6.45, 7) is 7.63. The summed E-state index contributed by atoms with van der Waals surface area (Å²) in [7, 11) is 0. The molecule has 27 heavy (non-hydrogen) atoms. The van der Waals surface area contributed by atoms with E-state index in [4.69, 9.17) is 9.61 Å². The predicted molar refractivity (Wildman–Crippen MR) is 99.2 cm³/mol. The Hall–Kier alpha value is -2.77. The summed E-state index contributed by atoms with van der Waals surface area (Å²) in [5.41, 5.74) is 3.86. The summed E-state index contributed by atoms with van der Waals surface area (Å²) in [5, 5.41) is 13.0. The van der Waals surface area contributed by atoms with Crippen LogP contribution >= 0.6 is 0 Å². The van der Waals surface area contributed by atoms with Crippen molar-refractivity contribution in [1.29, 1.82) is 0 Å². The van der Waals surface area contributed by atoms with Gasteiger partial charge in [0.15, 0.2) is 5.65 Å². The van der Waals surface area contributed by atoms with Gasteiger partial charge in [0, 0.05) is 24.7 Å². The maximum Gasteiger partial charge on any atom is 0.255 e. The van der Waals surface area contributed by atoms with Gasteiger partial charge in [0.1, 0.15) is 11.4 Å². The van der Waals surface area contributed by atoms with Gasteiger partial charge in [-0.15, -0.1) is 0 Å². The molecule has 1 fully saturated rings. The number of amides is 1. The van der Waals surface area contributed by atoms with Gasteiger partial charge >= 0.3 is 0 Å². The Bertz CT molecular complexity index is 972. The van der Waals surface area contributed by atoms with E-state index in [0.29, 0.717) is 36.0 Å². The zero-order valence-electron chi connectivity index (χ0n) is 16.0. The van der Waals surface area contributed by atoms with Crippen LogP contribution in [0.5, 0.6) is 0 Å². The molecule has 3 aromatic rings. The molecule has 3 heterocycles. The second-order valence-electron chi connectivity index (χ2n) is 7.09. The van der Waals surface area contributed by atoms with E-state index < -0.39 is 0 Å². The number of aryl methyl sites for hydroxylation is 2. The molecule has 0 radical (unpaired) electrons. The molecule has 8 heteroatoms. The summed E-state index contributed by atoms with van der Waals surface area (Å²) >= 11 is 0. The first kappa shape index (κ1) is 17.6. The minimum absolute atomic E-state index is 0.0368. The summed E-state index contributed by atoms with van der Waals surface area (Å²) in [5.74, 6) is 0.424. The number of carbonyl (C=O) groups excluding carboxylic acids is 1. The van der Waals surface area contributed by atoms with Gasteiger partial charge in [-0.25, -0.2) is 14.3 Å². The first-order valence-electron chi connectivity index (χ1n) is 9.56. The number of carbonyl (C=O) groups is 1. The van der Waals surface area contributed by atoms with E-state index in [1.165, 1.54) is 0 Å². The topological polar surface area (TPSA) is 89.9 Å². The van der Waals surface area contributed by atoms with Crippen LogP contribution in [0.2, 0.25) is 0 Å². The molecule has 142 valence electrons. The van der Waals surface area contributed by atoms with Crippen molar-refractivity contribution < 1.29 is 9.42 Å². The lowest BCUT2D eigenvalue weighted by Crippen LogP contribution is -2.31. The molecule has 0 bridgehead atoms.